The van der Waals surface area contributed by atoms with Gasteiger partial charge in [0.1, 0.15) is 11.6 Å². The van der Waals surface area contributed by atoms with E-state index in [4.69, 9.17) is 16.3 Å². The monoisotopic (exact) mass is 254 g/mol. The van der Waals surface area contributed by atoms with E-state index in [9.17, 15) is 9.59 Å². The fourth-order valence-corrected chi connectivity index (χ4v) is 1.55. The predicted molar refractivity (Wildman–Crippen MR) is 64.5 cm³/mol. The minimum Gasteiger partial charge on any atom is -0.479 e. The standard InChI is InChI=1S/C11H11ClN2O3/c1-6-11(16)14-8-4-7(13-10(15)5-12)2-3-9(8)17-6/h2-4,6H,5H2,1H3,(H,13,15)(H,14,16). The molecule has 17 heavy (non-hydrogen) atoms. The molecule has 90 valence electrons. The number of fused-ring (bicyclic) bond motifs is 1. The summed E-state index contributed by atoms with van der Waals surface area (Å²) in [5, 5.41) is 5.28. The van der Waals surface area contributed by atoms with Gasteiger partial charge in [-0.1, -0.05) is 0 Å². The van der Waals surface area contributed by atoms with Gasteiger partial charge < -0.3 is 15.4 Å². The van der Waals surface area contributed by atoms with E-state index in [2.05, 4.69) is 10.6 Å². The van der Waals surface area contributed by atoms with Crippen LogP contribution in [0.2, 0.25) is 0 Å². The lowest BCUT2D eigenvalue weighted by molar-refractivity contribution is -0.122. The van der Waals surface area contributed by atoms with Crippen molar-refractivity contribution in [2.45, 2.75) is 13.0 Å². The Hall–Kier alpha value is -1.75. The number of carbonyl (C=O) groups excluding carboxylic acids is 2. The van der Waals surface area contributed by atoms with Crippen molar-refractivity contribution in [3.8, 4) is 5.75 Å². The number of rotatable bonds is 2. The number of anilines is 2. The molecule has 0 bridgehead atoms. The number of hydrogen-bond donors (Lipinski definition) is 2. The van der Waals surface area contributed by atoms with Crippen molar-refractivity contribution < 1.29 is 14.3 Å². The summed E-state index contributed by atoms with van der Waals surface area (Å²) in [4.78, 5) is 22.5. The Labute approximate surface area is 103 Å². The third-order valence-electron chi connectivity index (χ3n) is 2.32. The summed E-state index contributed by atoms with van der Waals surface area (Å²) in [5.74, 6) is -0.0425. The van der Waals surface area contributed by atoms with E-state index in [0.29, 0.717) is 17.1 Å². The fraction of sp³-hybridized carbons (Fsp3) is 0.273. The molecule has 1 aromatic carbocycles. The molecule has 1 aliphatic heterocycles. The van der Waals surface area contributed by atoms with E-state index in [1.807, 2.05) is 0 Å². The Bertz CT molecular complexity index is 476. The van der Waals surface area contributed by atoms with Crippen molar-refractivity contribution in [3.05, 3.63) is 18.2 Å². The minimum absolute atomic E-state index is 0.114. The smallest absolute Gasteiger partial charge is 0.265 e. The number of halogens is 1. The highest BCUT2D eigenvalue weighted by atomic mass is 35.5. The molecule has 2 amide bonds. The highest BCUT2D eigenvalue weighted by molar-refractivity contribution is 6.29. The van der Waals surface area contributed by atoms with E-state index >= 15 is 0 Å². The lowest BCUT2D eigenvalue weighted by Gasteiger charge is -2.23. The van der Waals surface area contributed by atoms with Gasteiger partial charge in [-0.15, -0.1) is 11.6 Å². The van der Waals surface area contributed by atoms with E-state index in [-0.39, 0.29) is 17.7 Å². The van der Waals surface area contributed by atoms with Gasteiger partial charge >= 0.3 is 0 Å². The van der Waals surface area contributed by atoms with Gasteiger partial charge in [0.2, 0.25) is 5.91 Å². The third kappa shape index (κ3) is 2.50. The van der Waals surface area contributed by atoms with Crippen LogP contribution in [0, 0.1) is 0 Å². The molecule has 1 atom stereocenters. The molecular formula is C11H11ClN2O3. The molecule has 0 aromatic heterocycles. The van der Waals surface area contributed by atoms with E-state index in [1.165, 1.54) is 0 Å². The molecular weight excluding hydrogens is 244 g/mol. The molecule has 0 fully saturated rings. The van der Waals surface area contributed by atoms with Gasteiger partial charge in [0.25, 0.3) is 5.91 Å². The van der Waals surface area contributed by atoms with Crippen LogP contribution in [0.1, 0.15) is 6.92 Å². The number of amides is 2. The third-order valence-corrected chi connectivity index (χ3v) is 2.56. The van der Waals surface area contributed by atoms with Crippen LogP contribution in [0.25, 0.3) is 0 Å². The summed E-state index contributed by atoms with van der Waals surface area (Å²) < 4.78 is 5.38. The quantitative estimate of drug-likeness (QED) is 0.788. The van der Waals surface area contributed by atoms with Crippen LogP contribution in [0.4, 0.5) is 11.4 Å². The Kier molecular flexibility index (Phi) is 3.19. The summed E-state index contributed by atoms with van der Waals surface area (Å²) in [6, 6.07) is 5.01. The Morgan fingerprint density at radius 1 is 1.59 bits per heavy atom. The normalized spacial score (nSPS) is 17.8. The number of benzene rings is 1. The molecule has 1 unspecified atom stereocenters. The molecule has 0 saturated heterocycles. The second-order valence-electron chi connectivity index (χ2n) is 3.64. The summed E-state index contributed by atoms with van der Waals surface area (Å²) in [6.07, 6.45) is -0.509. The first-order valence-corrected chi connectivity index (χ1v) is 5.61. The zero-order chi connectivity index (χ0) is 12.4. The van der Waals surface area contributed by atoms with Crippen LogP contribution < -0.4 is 15.4 Å². The largest absolute Gasteiger partial charge is 0.479 e. The summed E-state index contributed by atoms with van der Waals surface area (Å²) >= 11 is 5.38. The first-order valence-electron chi connectivity index (χ1n) is 5.07. The second-order valence-corrected chi connectivity index (χ2v) is 3.91. The zero-order valence-electron chi connectivity index (χ0n) is 9.12. The van der Waals surface area contributed by atoms with Gasteiger partial charge in [-0.3, -0.25) is 9.59 Å². The molecule has 2 N–H and O–H groups in total. The SMILES string of the molecule is CC1Oc2ccc(NC(=O)CCl)cc2NC1=O. The van der Waals surface area contributed by atoms with Crippen LogP contribution in [0.3, 0.4) is 0 Å². The van der Waals surface area contributed by atoms with Gasteiger partial charge in [-0.25, -0.2) is 0 Å². The second kappa shape index (κ2) is 4.63. The summed E-state index contributed by atoms with van der Waals surface area (Å²) in [5.41, 5.74) is 1.10. The van der Waals surface area contributed by atoms with Crippen molar-refractivity contribution in [1.29, 1.82) is 0 Å². The Morgan fingerprint density at radius 3 is 3.06 bits per heavy atom. The molecule has 5 nitrogen and oxygen atoms in total. The predicted octanol–water partition coefficient (Wildman–Crippen LogP) is 1.58. The van der Waals surface area contributed by atoms with E-state index < -0.39 is 6.10 Å². The fourth-order valence-electron chi connectivity index (χ4n) is 1.48. The van der Waals surface area contributed by atoms with Crippen molar-refractivity contribution in [2.24, 2.45) is 0 Å². The number of ether oxygens (including phenoxy) is 1. The van der Waals surface area contributed by atoms with Gasteiger partial charge in [-0.05, 0) is 25.1 Å². The van der Waals surface area contributed by atoms with Crippen molar-refractivity contribution in [3.63, 3.8) is 0 Å². The lowest BCUT2D eigenvalue weighted by atomic mass is 10.2. The maximum atomic E-state index is 11.4. The van der Waals surface area contributed by atoms with Crippen molar-refractivity contribution >= 4 is 34.8 Å². The number of hydrogen-bond acceptors (Lipinski definition) is 3. The molecule has 1 aliphatic rings. The Morgan fingerprint density at radius 2 is 2.35 bits per heavy atom. The van der Waals surface area contributed by atoms with Crippen LogP contribution >= 0.6 is 11.6 Å². The van der Waals surface area contributed by atoms with Crippen molar-refractivity contribution in [2.75, 3.05) is 16.5 Å². The maximum absolute atomic E-state index is 11.4. The zero-order valence-corrected chi connectivity index (χ0v) is 9.88. The molecule has 1 heterocycles. The van der Waals surface area contributed by atoms with Gasteiger partial charge in [0, 0.05) is 5.69 Å². The van der Waals surface area contributed by atoms with E-state index in [1.54, 1.807) is 25.1 Å². The highest BCUT2D eigenvalue weighted by Crippen LogP contribution is 2.32. The summed E-state index contributed by atoms with van der Waals surface area (Å²) in [6.45, 7) is 1.67. The van der Waals surface area contributed by atoms with Gasteiger partial charge in [0.05, 0.1) is 5.69 Å². The van der Waals surface area contributed by atoms with Crippen molar-refractivity contribution in [1.82, 2.24) is 0 Å². The highest BCUT2D eigenvalue weighted by Gasteiger charge is 2.23. The number of nitrogens with one attached hydrogen (secondary N) is 2. The van der Waals surface area contributed by atoms with Crippen LogP contribution in [-0.4, -0.2) is 23.8 Å². The molecule has 6 heteroatoms. The van der Waals surface area contributed by atoms with Crippen LogP contribution in [-0.2, 0) is 9.59 Å². The van der Waals surface area contributed by atoms with Crippen LogP contribution in [0.5, 0.6) is 5.75 Å². The average molecular weight is 255 g/mol. The molecule has 0 spiro atoms. The molecule has 2 rings (SSSR count). The first kappa shape index (κ1) is 11.7. The molecule has 0 radical (unpaired) electrons. The summed E-state index contributed by atoms with van der Waals surface area (Å²) in [7, 11) is 0. The number of alkyl halides is 1. The number of carbonyl (C=O) groups is 2. The minimum atomic E-state index is -0.509. The topological polar surface area (TPSA) is 67.4 Å². The van der Waals surface area contributed by atoms with E-state index in [0.717, 1.165) is 0 Å². The average Bonchev–Trinajstić information content (AvgIpc) is 2.31. The van der Waals surface area contributed by atoms with Gasteiger partial charge in [-0.2, -0.15) is 0 Å². The first-order chi connectivity index (χ1) is 8.10. The lowest BCUT2D eigenvalue weighted by Crippen LogP contribution is -2.34. The molecule has 0 saturated carbocycles. The van der Waals surface area contributed by atoms with Gasteiger partial charge in [0.15, 0.2) is 6.10 Å². The molecule has 0 aliphatic carbocycles. The van der Waals surface area contributed by atoms with Crippen LogP contribution in [0.15, 0.2) is 18.2 Å². The maximum Gasteiger partial charge on any atom is 0.265 e. The molecule has 1 aromatic rings. The Balaban J connectivity index is 2.22.